The molecule has 1 aliphatic heterocycles. The fourth-order valence-corrected chi connectivity index (χ4v) is 5.05. The second-order valence-corrected chi connectivity index (χ2v) is 8.63. The molecule has 6 heteroatoms. The third-order valence-corrected chi connectivity index (χ3v) is 7.22. The monoisotopic (exact) mass is 315 g/mol. The third kappa shape index (κ3) is 4.40. The summed E-state index contributed by atoms with van der Waals surface area (Å²) in [6.07, 6.45) is 3.00. The topological polar surface area (TPSA) is 64.9 Å². The summed E-state index contributed by atoms with van der Waals surface area (Å²) in [4.78, 5) is 4.58. The Balaban J connectivity index is 1.86. The summed E-state index contributed by atoms with van der Waals surface area (Å²) in [5.74, 6) is 3.36. The van der Waals surface area contributed by atoms with Gasteiger partial charge in [0, 0.05) is 22.7 Å². The molecule has 0 saturated carbocycles. The molecule has 4 atom stereocenters. The SMILES string of the molecule is CC(CCN)CCc1nc(C2CSC(C)C(C)S2)no1. The highest BCUT2D eigenvalue weighted by molar-refractivity contribution is 8.07. The lowest BCUT2D eigenvalue weighted by Crippen LogP contribution is -2.22. The van der Waals surface area contributed by atoms with Crippen molar-refractivity contribution in [2.75, 3.05) is 12.3 Å². The van der Waals surface area contributed by atoms with Gasteiger partial charge >= 0.3 is 0 Å². The van der Waals surface area contributed by atoms with Gasteiger partial charge in [-0.1, -0.05) is 25.9 Å². The Bertz CT molecular complexity index is 413. The van der Waals surface area contributed by atoms with E-state index in [1.54, 1.807) is 0 Å². The van der Waals surface area contributed by atoms with Crippen LogP contribution in [0, 0.1) is 5.92 Å². The lowest BCUT2D eigenvalue weighted by atomic mass is 10.0. The van der Waals surface area contributed by atoms with E-state index in [4.69, 9.17) is 10.3 Å². The van der Waals surface area contributed by atoms with E-state index in [2.05, 4.69) is 30.9 Å². The summed E-state index contributed by atoms with van der Waals surface area (Å²) in [7, 11) is 0. The first-order valence-corrected chi connectivity index (χ1v) is 9.39. The van der Waals surface area contributed by atoms with Gasteiger partial charge in [0.25, 0.3) is 0 Å². The predicted molar refractivity (Wildman–Crippen MR) is 87.2 cm³/mol. The molecule has 4 unspecified atom stereocenters. The van der Waals surface area contributed by atoms with Gasteiger partial charge in [0.2, 0.25) is 5.89 Å². The highest BCUT2D eigenvalue weighted by Gasteiger charge is 2.29. The number of nitrogens with zero attached hydrogens (tertiary/aromatic N) is 2. The fourth-order valence-electron chi connectivity index (χ4n) is 2.22. The van der Waals surface area contributed by atoms with E-state index in [0.29, 0.717) is 21.7 Å². The molecule has 2 rings (SSSR count). The first kappa shape index (κ1) is 16.2. The Morgan fingerprint density at radius 3 is 2.85 bits per heavy atom. The summed E-state index contributed by atoms with van der Waals surface area (Å²) in [5.41, 5.74) is 5.57. The van der Waals surface area contributed by atoms with Gasteiger partial charge in [0.1, 0.15) is 0 Å². The van der Waals surface area contributed by atoms with E-state index in [9.17, 15) is 0 Å². The zero-order chi connectivity index (χ0) is 14.5. The molecule has 2 heterocycles. The van der Waals surface area contributed by atoms with Crippen molar-refractivity contribution in [3.63, 3.8) is 0 Å². The predicted octanol–water partition coefficient (Wildman–Crippen LogP) is 3.29. The van der Waals surface area contributed by atoms with Crippen molar-refractivity contribution < 1.29 is 4.52 Å². The Hall–Kier alpha value is -0.200. The van der Waals surface area contributed by atoms with Gasteiger partial charge in [-0.3, -0.25) is 0 Å². The van der Waals surface area contributed by atoms with Crippen LogP contribution < -0.4 is 5.73 Å². The van der Waals surface area contributed by atoms with Crippen LogP contribution >= 0.6 is 23.5 Å². The van der Waals surface area contributed by atoms with Crippen molar-refractivity contribution in [2.45, 2.75) is 55.8 Å². The van der Waals surface area contributed by atoms with Gasteiger partial charge in [-0.2, -0.15) is 16.7 Å². The first-order valence-electron chi connectivity index (χ1n) is 7.39. The lowest BCUT2D eigenvalue weighted by molar-refractivity contribution is 0.358. The average molecular weight is 316 g/mol. The normalized spacial score (nSPS) is 28.5. The molecule has 1 saturated heterocycles. The van der Waals surface area contributed by atoms with E-state index in [-0.39, 0.29) is 0 Å². The van der Waals surface area contributed by atoms with Crippen LogP contribution in [0.3, 0.4) is 0 Å². The maximum Gasteiger partial charge on any atom is 0.226 e. The molecular weight excluding hydrogens is 290 g/mol. The van der Waals surface area contributed by atoms with Gasteiger partial charge in [0.05, 0.1) is 5.25 Å². The first-order chi connectivity index (χ1) is 9.60. The summed E-state index contributed by atoms with van der Waals surface area (Å²) >= 11 is 3.98. The fraction of sp³-hybridized carbons (Fsp3) is 0.857. The van der Waals surface area contributed by atoms with Crippen LogP contribution in [0.5, 0.6) is 0 Å². The minimum atomic E-state index is 0.380. The van der Waals surface area contributed by atoms with Crippen LogP contribution in [-0.4, -0.2) is 32.9 Å². The molecule has 1 aromatic heterocycles. The highest BCUT2D eigenvalue weighted by Crippen LogP contribution is 2.43. The Morgan fingerprint density at radius 2 is 2.15 bits per heavy atom. The second-order valence-electron chi connectivity index (χ2n) is 5.64. The van der Waals surface area contributed by atoms with Gasteiger partial charge < -0.3 is 10.3 Å². The van der Waals surface area contributed by atoms with E-state index < -0.39 is 0 Å². The average Bonchev–Trinajstić information content (AvgIpc) is 2.89. The number of aryl methyl sites for hydroxylation is 1. The van der Waals surface area contributed by atoms with E-state index in [1.807, 2.05) is 23.5 Å². The molecule has 0 aliphatic carbocycles. The van der Waals surface area contributed by atoms with Crippen molar-refractivity contribution in [3.8, 4) is 0 Å². The van der Waals surface area contributed by atoms with E-state index in [1.165, 1.54) is 0 Å². The quantitative estimate of drug-likeness (QED) is 0.869. The molecule has 4 nitrogen and oxygen atoms in total. The maximum absolute atomic E-state index is 5.57. The standard InChI is InChI=1S/C14H25N3OS2/c1-9(6-7-15)4-5-13-16-14(17-18-13)12-8-19-10(2)11(3)20-12/h9-12H,4-8,15H2,1-3H3. The van der Waals surface area contributed by atoms with Gasteiger partial charge in [-0.15, -0.1) is 11.8 Å². The zero-order valence-electron chi connectivity index (χ0n) is 12.5. The van der Waals surface area contributed by atoms with E-state index in [0.717, 1.165) is 43.3 Å². The van der Waals surface area contributed by atoms with Crippen molar-refractivity contribution in [1.82, 2.24) is 10.1 Å². The van der Waals surface area contributed by atoms with Crippen molar-refractivity contribution in [3.05, 3.63) is 11.7 Å². The number of aromatic nitrogens is 2. The molecular formula is C14H25N3OS2. The number of hydrogen-bond acceptors (Lipinski definition) is 6. The Kier molecular flexibility index (Phi) is 6.23. The second kappa shape index (κ2) is 7.71. The van der Waals surface area contributed by atoms with Crippen molar-refractivity contribution in [1.29, 1.82) is 0 Å². The number of rotatable bonds is 6. The minimum Gasteiger partial charge on any atom is -0.339 e. The van der Waals surface area contributed by atoms with Gasteiger partial charge in [-0.25, -0.2) is 0 Å². The molecule has 2 N–H and O–H groups in total. The van der Waals surface area contributed by atoms with Crippen LogP contribution in [0.2, 0.25) is 0 Å². The van der Waals surface area contributed by atoms with Crippen LogP contribution in [0.25, 0.3) is 0 Å². The summed E-state index contributed by atoms with van der Waals surface area (Å²) in [5, 5.41) is 5.91. The Morgan fingerprint density at radius 1 is 1.35 bits per heavy atom. The largest absolute Gasteiger partial charge is 0.339 e. The maximum atomic E-state index is 5.57. The van der Waals surface area contributed by atoms with E-state index >= 15 is 0 Å². The lowest BCUT2D eigenvalue weighted by Gasteiger charge is -2.29. The molecule has 0 radical (unpaired) electrons. The molecule has 20 heavy (non-hydrogen) atoms. The Labute approximate surface area is 130 Å². The van der Waals surface area contributed by atoms with Crippen molar-refractivity contribution >= 4 is 23.5 Å². The minimum absolute atomic E-state index is 0.380. The summed E-state index contributed by atoms with van der Waals surface area (Å²) in [6, 6.07) is 0. The van der Waals surface area contributed by atoms with Crippen LogP contribution in [-0.2, 0) is 6.42 Å². The zero-order valence-corrected chi connectivity index (χ0v) is 14.2. The molecule has 0 bridgehead atoms. The molecule has 1 aliphatic rings. The number of nitrogens with two attached hydrogens (primary N) is 1. The van der Waals surface area contributed by atoms with Crippen LogP contribution in [0.4, 0.5) is 0 Å². The molecule has 1 aromatic rings. The van der Waals surface area contributed by atoms with Gasteiger partial charge in [-0.05, 0) is 25.3 Å². The number of hydrogen-bond donors (Lipinski definition) is 1. The third-order valence-electron chi connectivity index (χ3n) is 3.83. The van der Waals surface area contributed by atoms with Crippen molar-refractivity contribution in [2.24, 2.45) is 11.7 Å². The molecule has 1 fully saturated rings. The van der Waals surface area contributed by atoms with Crippen LogP contribution in [0.15, 0.2) is 4.52 Å². The summed E-state index contributed by atoms with van der Waals surface area (Å²) in [6.45, 7) is 7.55. The molecule has 114 valence electrons. The molecule has 0 amide bonds. The van der Waals surface area contributed by atoms with Crippen LogP contribution in [0.1, 0.15) is 50.6 Å². The smallest absolute Gasteiger partial charge is 0.226 e. The number of thioether (sulfide) groups is 2. The van der Waals surface area contributed by atoms with Gasteiger partial charge in [0.15, 0.2) is 5.82 Å². The molecule has 0 spiro atoms. The summed E-state index contributed by atoms with van der Waals surface area (Å²) < 4.78 is 5.39. The highest BCUT2D eigenvalue weighted by atomic mass is 32.2. The molecule has 0 aromatic carbocycles.